The minimum absolute atomic E-state index is 0.568. The van der Waals surface area contributed by atoms with Crippen molar-refractivity contribution >= 4 is 0 Å². The highest BCUT2D eigenvalue weighted by molar-refractivity contribution is 4.81. The molecule has 1 fully saturated rings. The fourth-order valence-electron chi connectivity index (χ4n) is 2.50. The smallest absolute Gasteiger partial charge is 0.0692 e. The molecule has 0 saturated heterocycles. The van der Waals surface area contributed by atoms with Gasteiger partial charge < -0.3 is 5.32 Å². The highest BCUT2D eigenvalue weighted by Crippen LogP contribution is 2.34. The Morgan fingerprint density at radius 3 is 2.76 bits per heavy atom. The molecule has 0 amide bonds. The van der Waals surface area contributed by atoms with Crippen LogP contribution in [0.25, 0.3) is 0 Å². The molecule has 0 bridgehead atoms. The minimum Gasteiger partial charge on any atom is -0.314 e. The lowest BCUT2D eigenvalue weighted by Gasteiger charge is -2.34. The average Bonchev–Trinajstić information content (AvgIpc) is 2.79. The molecule has 1 aliphatic carbocycles. The van der Waals surface area contributed by atoms with E-state index in [9.17, 15) is 0 Å². The molecule has 4 nitrogen and oxygen atoms in total. The van der Waals surface area contributed by atoms with Crippen molar-refractivity contribution < 1.29 is 0 Å². The zero-order chi connectivity index (χ0) is 12.1. The Morgan fingerprint density at radius 2 is 2.12 bits per heavy atom. The van der Waals surface area contributed by atoms with Gasteiger partial charge in [0.2, 0.25) is 0 Å². The summed E-state index contributed by atoms with van der Waals surface area (Å²) in [4.78, 5) is 0. The van der Waals surface area contributed by atoms with Gasteiger partial charge in [0, 0.05) is 18.8 Å². The first-order chi connectivity index (χ1) is 8.16. The summed E-state index contributed by atoms with van der Waals surface area (Å²) in [6.07, 6.45) is 10.1. The van der Waals surface area contributed by atoms with Gasteiger partial charge in [0.05, 0.1) is 6.20 Å². The topological polar surface area (TPSA) is 42.7 Å². The molecule has 1 N–H and O–H groups in total. The summed E-state index contributed by atoms with van der Waals surface area (Å²) in [5.74, 6) is 0. The van der Waals surface area contributed by atoms with Crippen LogP contribution < -0.4 is 5.32 Å². The molecule has 0 aliphatic heterocycles. The first-order valence-electron chi connectivity index (χ1n) is 6.73. The van der Waals surface area contributed by atoms with E-state index in [-0.39, 0.29) is 0 Å². The van der Waals surface area contributed by atoms with Gasteiger partial charge in [-0.1, -0.05) is 19.1 Å². The van der Waals surface area contributed by atoms with Gasteiger partial charge in [-0.05, 0) is 44.1 Å². The maximum Gasteiger partial charge on any atom is 0.0692 e. The van der Waals surface area contributed by atoms with Gasteiger partial charge in [0.25, 0.3) is 0 Å². The number of nitrogens with zero attached hydrogens (tertiary/aromatic N) is 3. The average molecular weight is 236 g/mol. The summed E-state index contributed by atoms with van der Waals surface area (Å²) in [7, 11) is 0. The van der Waals surface area contributed by atoms with Crippen LogP contribution in [0.4, 0.5) is 0 Å². The van der Waals surface area contributed by atoms with Gasteiger partial charge in [0.15, 0.2) is 0 Å². The van der Waals surface area contributed by atoms with Gasteiger partial charge in [-0.2, -0.15) is 0 Å². The van der Waals surface area contributed by atoms with E-state index in [1.54, 1.807) is 6.20 Å². The summed E-state index contributed by atoms with van der Waals surface area (Å²) in [5.41, 5.74) is 0.568. The Kier molecular flexibility index (Phi) is 4.15. The van der Waals surface area contributed by atoms with Crippen LogP contribution in [0.5, 0.6) is 0 Å². The molecular weight excluding hydrogens is 212 g/mol. The Bertz CT molecular complexity index is 308. The predicted octanol–water partition coefficient (Wildman–Crippen LogP) is 2.23. The highest BCUT2D eigenvalue weighted by atomic mass is 15.4. The molecule has 1 aromatic rings. The molecule has 1 aliphatic rings. The number of nitrogens with one attached hydrogen (secondary N) is 1. The molecule has 2 rings (SSSR count). The molecule has 0 radical (unpaired) electrons. The molecule has 4 heteroatoms. The molecule has 1 aromatic heterocycles. The van der Waals surface area contributed by atoms with E-state index in [0.29, 0.717) is 5.41 Å². The van der Waals surface area contributed by atoms with Crippen LogP contribution in [0.3, 0.4) is 0 Å². The van der Waals surface area contributed by atoms with Crippen molar-refractivity contribution in [3.63, 3.8) is 0 Å². The number of hydrogen-bond donors (Lipinski definition) is 1. The lowest BCUT2D eigenvalue weighted by molar-refractivity contribution is 0.206. The van der Waals surface area contributed by atoms with Crippen molar-refractivity contribution in [2.24, 2.45) is 5.41 Å². The Hall–Kier alpha value is -0.900. The summed E-state index contributed by atoms with van der Waals surface area (Å²) in [6, 6.07) is 0.735. The minimum atomic E-state index is 0.568. The molecule has 1 heterocycles. The zero-order valence-corrected chi connectivity index (χ0v) is 11.0. The van der Waals surface area contributed by atoms with Crippen LogP contribution >= 0.6 is 0 Å². The largest absolute Gasteiger partial charge is 0.314 e. The highest BCUT2D eigenvalue weighted by Gasteiger charge is 2.26. The Labute approximate surface area is 104 Å². The van der Waals surface area contributed by atoms with Crippen molar-refractivity contribution in [1.29, 1.82) is 0 Å². The van der Waals surface area contributed by atoms with E-state index in [0.717, 1.165) is 25.6 Å². The number of hydrogen-bond acceptors (Lipinski definition) is 3. The third-order valence-electron chi connectivity index (χ3n) is 3.81. The summed E-state index contributed by atoms with van der Waals surface area (Å²) in [6.45, 7) is 6.82. The molecule has 0 spiro atoms. The van der Waals surface area contributed by atoms with Crippen LogP contribution in [0, 0.1) is 5.41 Å². The van der Waals surface area contributed by atoms with Crippen LogP contribution in [0.15, 0.2) is 12.4 Å². The van der Waals surface area contributed by atoms with Crippen LogP contribution in [-0.2, 0) is 6.54 Å². The lowest BCUT2D eigenvalue weighted by Crippen LogP contribution is -2.36. The maximum atomic E-state index is 3.96. The second kappa shape index (κ2) is 5.63. The monoisotopic (exact) mass is 236 g/mol. The number of rotatable bonds is 5. The van der Waals surface area contributed by atoms with Gasteiger partial charge in [-0.15, -0.1) is 5.10 Å². The van der Waals surface area contributed by atoms with Gasteiger partial charge in [0.1, 0.15) is 0 Å². The fraction of sp³-hybridized carbons (Fsp3) is 0.846. The zero-order valence-electron chi connectivity index (χ0n) is 11.0. The van der Waals surface area contributed by atoms with Crippen LogP contribution in [0.1, 0.15) is 46.0 Å². The second-order valence-electron chi connectivity index (χ2n) is 5.91. The van der Waals surface area contributed by atoms with Crippen molar-refractivity contribution in [3.05, 3.63) is 12.4 Å². The second-order valence-corrected chi connectivity index (χ2v) is 5.91. The fourth-order valence-corrected chi connectivity index (χ4v) is 2.50. The van der Waals surface area contributed by atoms with Crippen molar-refractivity contribution in [1.82, 2.24) is 20.3 Å². The first-order valence-corrected chi connectivity index (χ1v) is 6.73. The predicted molar refractivity (Wildman–Crippen MR) is 68.7 cm³/mol. The molecule has 1 saturated carbocycles. The normalized spacial score (nSPS) is 20.6. The van der Waals surface area contributed by atoms with Crippen molar-refractivity contribution in [2.45, 2.75) is 58.5 Å². The molecular formula is C13H24N4. The van der Waals surface area contributed by atoms with Gasteiger partial charge >= 0.3 is 0 Å². The summed E-state index contributed by atoms with van der Waals surface area (Å²) in [5, 5.41) is 11.4. The number of aryl methyl sites for hydroxylation is 1. The van der Waals surface area contributed by atoms with E-state index >= 15 is 0 Å². The number of aromatic nitrogens is 3. The van der Waals surface area contributed by atoms with Crippen molar-refractivity contribution in [3.8, 4) is 0 Å². The molecule has 17 heavy (non-hydrogen) atoms. The molecule has 96 valence electrons. The van der Waals surface area contributed by atoms with E-state index in [1.807, 2.05) is 10.9 Å². The standard InChI is InChI=1S/C13H24N4/c1-13(2)6-4-12(5-7-13)14-8-3-10-17-11-9-15-16-17/h9,11-12,14H,3-8,10H2,1-2H3. The van der Waals surface area contributed by atoms with Gasteiger partial charge in [-0.3, -0.25) is 4.68 Å². The quantitative estimate of drug-likeness (QED) is 0.797. The Balaban J connectivity index is 1.57. The van der Waals surface area contributed by atoms with Crippen LogP contribution in [-0.4, -0.2) is 27.6 Å². The third-order valence-corrected chi connectivity index (χ3v) is 3.81. The van der Waals surface area contributed by atoms with E-state index in [1.165, 1.54) is 25.7 Å². The molecule has 0 atom stereocenters. The maximum absolute atomic E-state index is 3.96. The lowest BCUT2D eigenvalue weighted by atomic mass is 9.75. The van der Waals surface area contributed by atoms with Gasteiger partial charge in [-0.25, -0.2) is 0 Å². The molecule has 0 unspecified atom stereocenters. The van der Waals surface area contributed by atoms with E-state index in [4.69, 9.17) is 0 Å². The third kappa shape index (κ3) is 4.11. The SMILES string of the molecule is CC1(C)CCC(NCCCn2ccnn2)CC1. The van der Waals surface area contributed by atoms with Crippen molar-refractivity contribution in [2.75, 3.05) is 6.54 Å². The van der Waals surface area contributed by atoms with E-state index < -0.39 is 0 Å². The first kappa shape index (κ1) is 12.6. The van der Waals surface area contributed by atoms with Crippen LogP contribution in [0.2, 0.25) is 0 Å². The Morgan fingerprint density at radius 1 is 1.35 bits per heavy atom. The van der Waals surface area contributed by atoms with E-state index in [2.05, 4.69) is 29.5 Å². The summed E-state index contributed by atoms with van der Waals surface area (Å²) < 4.78 is 1.89. The summed E-state index contributed by atoms with van der Waals surface area (Å²) >= 11 is 0. The molecule has 0 aromatic carbocycles.